The molecule has 160 valence electrons. The zero-order valence-corrected chi connectivity index (χ0v) is 17.3. The van der Waals surface area contributed by atoms with E-state index in [2.05, 4.69) is 5.32 Å². The summed E-state index contributed by atoms with van der Waals surface area (Å²) in [5, 5.41) is 14.0. The molecule has 0 aliphatic heterocycles. The maximum Gasteiger partial charge on any atom is 0.270 e. The zero-order valence-electron chi connectivity index (χ0n) is 17.3. The van der Waals surface area contributed by atoms with E-state index in [-0.39, 0.29) is 22.8 Å². The molecule has 3 rings (SSSR count). The number of nitrogens with one attached hydrogen (secondary N) is 1. The molecule has 0 fully saturated rings. The van der Waals surface area contributed by atoms with E-state index < -0.39 is 28.4 Å². The minimum Gasteiger partial charge on any atom is -0.349 e. The third-order valence-corrected chi connectivity index (χ3v) is 5.28. The number of hydrogen-bond acceptors (Lipinski definition) is 5. The van der Waals surface area contributed by atoms with Gasteiger partial charge in [0, 0.05) is 31.8 Å². The molecule has 0 saturated carbocycles. The van der Waals surface area contributed by atoms with Crippen molar-refractivity contribution >= 4 is 29.0 Å². The molecular weight excluding hydrogens is 398 g/mol. The van der Waals surface area contributed by atoms with Gasteiger partial charge in [-0.25, -0.2) is 0 Å². The Morgan fingerprint density at radius 2 is 1.65 bits per heavy atom. The van der Waals surface area contributed by atoms with Gasteiger partial charge in [-0.3, -0.25) is 24.5 Å². The number of amides is 2. The highest BCUT2D eigenvalue weighted by Gasteiger charge is 2.35. The first-order valence-corrected chi connectivity index (χ1v) is 9.84. The van der Waals surface area contributed by atoms with Gasteiger partial charge in [0.05, 0.1) is 28.0 Å². The van der Waals surface area contributed by atoms with Crippen LogP contribution in [0.3, 0.4) is 0 Å². The Hall–Kier alpha value is -3.81. The number of anilines is 1. The van der Waals surface area contributed by atoms with Gasteiger partial charge in [-0.2, -0.15) is 0 Å². The Morgan fingerprint density at radius 1 is 1.00 bits per heavy atom. The molecule has 0 radical (unpaired) electrons. The van der Waals surface area contributed by atoms with E-state index in [1.165, 1.54) is 17.0 Å². The molecule has 1 aliphatic rings. The number of benzene rings is 2. The second-order valence-electron chi connectivity index (χ2n) is 7.56. The van der Waals surface area contributed by atoms with E-state index >= 15 is 0 Å². The van der Waals surface area contributed by atoms with E-state index in [9.17, 15) is 24.5 Å². The average Bonchev–Trinajstić information content (AvgIpc) is 2.78. The van der Waals surface area contributed by atoms with Crippen LogP contribution in [0.15, 0.2) is 60.7 Å². The fourth-order valence-electron chi connectivity index (χ4n) is 3.62. The van der Waals surface area contributed by atoms with Crippen molar-refractivity contribution in [3.63, 3.8) is 0 Å². The van der Waals surface area contributed by atoms with Gasteiger partial charge < -0.3 is 10.2 Å². The molecule has 1 aliphatic carbocycles. The van der Waals surface area contributed by atoms with Crippen LogP contribution in [0.25, 0.3) is 0 Å². The smallest absolute Gasteiger partial charge is 0.270 e. The molecule has 2 atom stereocenters. The molecule has 2 aromatic carbocycles. The van der Waals surface area contributed by atoms with E-state index in [1.807, 2.05) is 12.2 Å². The minimum absolute atomic E-state index is 0.0237. The molecule has 2 unspecified atom stereocenters. The molecule has 8 heteroatoms. The second kappa shape index (κ2) is 9.34. The summed E-state index contributed by atoms with van der Waals surface area (Å²) in [6.45, 7) is 0. The Bertz CT molecular complexity index is 1050. The van der Waals surface area contributed by atoms with E-state index in [0.717, 1.165) is 6.07 Å². The third kappa shape index (κ3) is 4.85. The van der Waals surface area contributed by atoms with Gasteiger partial charge in [-0.1, -0.05) is 42.5 Å². The van der Waals surface area contributed by atoms with Crippen LogP contribution in [0.5, 0.6) is 0 Å². The predicted molar refractivity (Wildman–Crippen MR) is 116 cm³/mol. The van der Waals surface area contributed by atoms with Crippen LogP contribution in [-0.2, 0) is 9.59 Å². The van der Waals surface area contributed by atoms with Gasteiger partial charge >= 0.3 is 0 Å². The normalized spacial score (nSPS) is 17.6. The van der Waals surface area contributed by atoms with Gasteiger partial charge in [-0.15, -0.1) is 0 Å². The number of nitrogens with zero attached hydrogens (tertiary/aromatic N) is 2. The van der Waals surface area contributed by atoms with Crippen LogP contribution in [0.4, 0.5) is 11.4 Å². The number of carbonyl (C=O) groups is 3. The van der Waals surface area contributed by atoms with Crippen LogP contribution in [0.1, 0.15) is 28.8 Å². The number of ketones is 1. The molecule has 0 saturated heterocycles. The summed E-state index contributed by atoms with van der Waals surface area (Å²) in [7, 11) is 3.28. The Labute approximate surface area is 179 Å². The highest BCUT2D eigenvalue weighted by molar-refractivity contribution is 6.14. The molecule has 0 bridgehead atoms. The first-order chi connectivity index (χ1) is 14.8. The lowest BCUT2D eigenvalue weighted by atomic mass is 9.81. The molecule has 31 heavy (non-hydrogen) atoms. The number of non-ortho nitro benzene ring substituents is 1. The first kappa shape index (κ1) is 21.9. The van der Waals surface area contributed by atoms with Crippen LogP contribution in [-0.4, -0.2) is 41.5 Å². The quantitative estimate of drug-likeness (QED) is 0.333. The summed E-state index contributed by atoms with van der Waals surface area (Å²) in [5.74, 6) is -2.10. The van der Waals surface area contributed by atoms with E-state index in [1.54, 1.807) is 44.4 Å². The molecule has 0 spiro atoms. The SMILES string of the molecule is CN(C)C(=O)C1CC=CCC1C(=O)Nc1ccc([N+](=O)[O-])cc1C(=O)c1ccccc1. The summed E-state index contributed by atoms with van der Waals surface area (Å²) < 4.78 is 0. The summed E-state index contributed by atoms with van der Waals surface area (Å²) >= 11 is 0. The fourth-order valence-corrected chi connectivity index (χ4v) is 3.62. The van der Waals surface area contributed by atoms with Crippen molar-refractivity contribution < 1.29 is 19.3 Å². The number of allylic oxidation sites excluding steroid dienone is 2. The molecule has 0 aromatic heterocycles. The summed E-state index contributed by atoms with van der Waals surface area (Å²) in [4.78, 5) is 50.7. The van der Waals surface area contributed by atoms with Crippen molar-refractivity contribution in [3.8, 4) is 0 Å². The molecule has 1 N–H and O–H groups in total. The van der Waals surface area contributed by atoms with Crippen molar-refractivity contribution in [1.82, 2.24) is 4.90 Å². The van der Waals surface area contributed by atoms with Crippen LogP contribution < -0.4 is 5.32 Å². The van der Waals surface area contributed by atoms with Crippen molar-refractivity contribution in [1.29, 1.82) is 0 Å². The third-order valence-electron chi connectivity index (χ3n) is 5.28. The summed E-state index contributed by atoms with van der Waals surface area (Å²) in [5.41, 5.74) is 0.295. The molecule has 2 amide bonds. The van der Waals surface area contributed by atoms with Gasteiger partial charge in [0.25, 0.3) is 5.69 Å². The van der Waals surface area contributed by atoms with Crippen molar-refractivity contribution in [2.45, 2.75) is 12.8 Å². The second-order valence-corrected chi connectivity index (χ2v) is 7.56. The number of rotatable bonds is 6. The lowest BCUT2D eigenvalue weighted by Gasteiger charge is -2.29. The molecule has 0 heterocycles. The van der Waals surface area contributed by atoms with Crippen LogP contribution in [0.2, 0.25) is 0 Å². The molecule has 2 aromatic rings. The largest absolute Gasteiger partial charge is 0.349 e. The average molecular weight is 421 g/mol. The van der Waals surface area contributed by atoms with Crippen molar-refractivity contribution in [2.24, 2.45) is 11.8 Å². The van der Waals surface area contributed by atoms with E-state index in [0.29, 0.717) is 18.4 Å². The highest BCUT2D eigenvalue weighted by atomic mass is 16.6. The maximum absolute atomic E-state index is 13.1. The molecule has 8 nitrogen and oxygen atoms in total. The van der Waals surface area contributed by atoms with Gasteiger partial charge in [0.15, 0.2) is 5.78 Å². The zero-order chi connectivity index (χ0) is 22.5. The van der Waals surface area contributed by atoms with Gasteiger partial charge in [0.1, 0.15) is 0 Å². The number of carbonyl (C=O) groups excluding carboxylic acids is 3. The monoisotopic (exact) mass is 421 g/mol. The highest BCUT2D eigenvalue weighted by Crippen LogP contribution is 2.30. The number of nitro groups is 1. The van der Waals surface area contributed by atoms with Crippen LogP contribution in [0, 0.1) is 22.0 Å². The number of nitro benzene ring substituents is 1. The Balaban J connectivity index is 1.94. The maximum atomic E-state index is 13.1. The first-order valence-electron chi connectivity index (χ1n) is 9.84. The minimum atomic E-state index is -0.602. The van der Waals surface area contributed by atoms with Gasteiger partial charge in [0.2, 0.25) is 11.8 Å². The topological polar surface area (TPSA) is 110 Å². The van der Waals surface area contributed by atoms with Crippen molar-refractivity contribution in [3.05, 3.63) is 81.9 Å². The molecular formula is C23H23N3O5. The standard InChI is InChI=1S/C23H23N3O5/c1-25(2)23(29)18-11-7-6-10-17(18)22(28)24-20-13-12-16(26(30)31)14-19(20)21(27)15-8-4-3-5-9-15/h3-9,12-14,17-18H,10-11H2,1-2H3,(H,24,28). The van der Waals surface area contributed by atoms with Crippen LogP contribution >= 0.6 is 0 Å². The summed E-state index contributed by atoms with van der Waals surface area (Å²) in [6.07, 6.45) is 4.58. The Morgan fingerprint density at radius 3 is 2.26 bits per heavy atom. The number of hydrogen-bond donors (Lipinski definition) is 1. The van der Waals surface area contributed by atoms with Gasteiger partial charge in [-0.05, 0) is 18.9 Å². The lowest BCUT2D eigenvalue weighted by molar-refractivity contribution is -0.384. The Kier molecular flexibility index (Phi) is 6.59. The van der Waals surface area contributed by atoms with Crippen molar-refractivity contribution in [2.75, 3.05) is 19.4 Å². The summed E-state index contributed by atoms with van der Waals surface area (Å²) in [6, 6.07) is 12.1. The lowest BCUT2D eigenvalue weighted by Crippen LogP contribution is -2.40. The van der Waals surface area contributed by atoms with E-state index in [4.69, 9.17) is 0 Å². The fraction of sp³-hybridized carbons (Fsp3) is 0.261. The predicted octanol–water partition coefficient (Wildman–Crippen LogP) is 3.43.